The van der Waals surface area contributed by atoms with Crippen LogP contribution < -0.4 is 5.32 Å². The van der Waals surface area contributed by atoms with Crippen LogP contribution in [-0.2, 0) is 0 Å². The normalized spacial score (nSPS) is 35.3. The molecule has 1 rings (SSSR count). The van der Waals surface area contributed by atoms with Crippen LogP contribution in [0.5, 0.6) is 0 Å². The molecule has 3 nitrogen and oxygen atoms in total. The van der Waals surface area contributed by atoms with E-state index in [2.05, 4.69) is 19.2 Å². The molecule has 78 valence electrons. The largest absolute Gasteiger partial charge is 0.393 e. The van der Waals surface area contributed by atoms with Crippen molar-refractivity contribution >= 4 is 0 Å². The van der Waals surface area contributed by atoms with Crippen molar-refractivity contribution in [3.8, 4) is 0 Å². The summed E-state index contributed by atoms with van der Waals surface area (Å²) in [5.74, 6) is 0. The average Bonchev–Trinajstić information content (AvgIpc) is 2.08. The highest BCUT2D eigenvalue weighted by atomic mass is 16.3. The molecular formula is C10H21NO2. The zero-order valence-electron chi connectivity index (χ0n) is 8.58. The van der Waals surface area contributed by atoms with Gasteiger partial charge in [0.1, 0.15) is 0 Å². The summed E-state index contributed by atoms with van der Waals surface area (Å²) in [7, 11) is 0. The monoisotopic (exact) mass is 187 g/mol. The summed E-state index contributed by atoms with van der Waals surface area (Å²) in [5, 5.41) is 22.6. The van der Waals surface area contributed by atoms with Crippen molar-refractivity contribution in [1.82, 2.24) is 5.32 Å². The van der Waals surface area contributed by atoms with Crippen molar-refractivity contribution in [2.75, 3.05) is 6.54 Å². The van der Waals surface area contributed by atoms with E-state index < -0.39 is 5.60 Å². The molecule has 3 heteroatoms. The summed E-state index contributed by atoms with van der Waals surface area (Å²) in [6.45, 7) is 4.79. The molecule has 0 radical (unpaired) electrons. The molecule has 0 amide bonds. The molecule has 0 aliphatic heterocycles. The maximum absolute atomic E-state index is 10.1. The van der Waals surface area contributed by atoms with Crippen molar-refractivity contribution < 1.29 is 10.2 Å². The third-order valence-electron chi connectivity index (χ3n) is 2.73. The van der Waals surface area contributed by atoms with E-state index >= 15 is 0 Å². The Morgan fingerprint density at radius 3 is 2.38 bits per heavy atom. The minimum absolute atomic E-state index is 0.195. The van der Waals surface area contributed by atoms with Crippen molar-refractivity contribution in [3.05, 3.63) is 0 Å². The van der Waals surface area contributed by atoms with Gasteiger partial charge in [-0.25, -0.2) is 0 Å². The Hall–Kier alpha value is -0.120. The third kappa shape index (κ3) is 3.63. The fraction of sp³-hybridized carbons (Fsp3) is 1.00. The summed E-state index contributed by atoms with van der Waals surface area (Å²) < 4.78 is 0. The standard InChI is InChI=1S/C10H21NO2/c1-8(2)11-7-10(13)5-3-9(12)4-6-10/h8-9,11-13H,3-7H2,1-2H3. The molecule has 0 aromatic carbocycles. The van der Waals surface area contributed by atoms with Gasteiger partial charge < -0.3 is 15.5 Å². The molecule has 1 saturated carbocycles. The first-order valence-corrected chi connectivity index (χ1v) is 5.16. The molecule has 0 atom stereocenters. The highest BCUT2D eigenvalue weighted by molar-refractivity contribution is 4.87. The Bertz CT molecular complexity index is 151. The molecule has 13 heavy (non-hydrogen) atoms. The van der Waals surface area contributed by atoms with E-state index in [0.29, 0.717) is 25.4 Å². The van der Waals surface area contributed by atoms with E-state index in [4.69, 9.17) is 0 Å². The van der Waals surface area contributed by atoms with Crippen LogP contribution in [0.1, 0.15) is 39.5 Å². The topological polar surface area (TPSA) is 52.5 Å². The van der Waals surface area contributed by atoms with E-state index in [1.54, 1.807) is 0 Å². The van der Waals surface area contributed by atoms with Crippen LogP contribution in [0, 0.1) is 0 Å². The summed E-state index contributed by atoms with van der Waals surface area (Å²) in [6.07, 6.45) is 2.70. The lowest BCUT2D eigenvalue weighted by Gasteiger charge is -2.35. The molecule has 0 heterocycles. The van der Waals surface area contributed by atoms with Crippen LogP contribution in [-0.4, -0.2) is 34.5 Å². The summed E-state index contributed by atoms with van der Waals surface area (Å²) in [4.78, 5) is 0. The molecule has 0 bridgehead atoms. The first-order valence-electron chi connectivity index (χ1n) is 5.16. The highest BCUT2D eigenvalue weighted by Gasteiger charge is 2.32. The summed E-state index contributed by atoms with van der Waals surface area (Å²) in [5.41, 5.74) is -0.580. The molecule has 0 unspecified atom stereocenters. The first-order chi connectivity index (χ1) is 6.02. The number of aliphatic hydroxyl groups is 2. The highest BCUT2D eigenvalue weighted by Crippen LogP contribution is 2.27. The number of aliphatic hydroxyl groups excluding tert-OH is 1. The van der Waals surface area contributed by atoms with E-state index in [-0.39, 0.29) is 6.10 Å². The van der Waals surface area contributed by atoms with Crippen LogP contribution in [0.15, 0.2) is 0 Å². The van der Waals surface area contributed by atoms with Gasteiger partial charge in [-0.2, -0.15) is 0 Å². The fourth-order valence-electron chi connectivity index (χ4n) is 1.71. The van der Waals surface area contributed by atoms with Gasteiger partial charge in [-0.15, -0.1) is 0 Å². The summed E-state index contributed by atoms with van der Waals surface area (Å²) >= 11 is 0. The second kappa shape index (κ2) is 4.40. The zero-order valence-corrected chi connectivity index (χ0v) is 8.58. The van der Waals surface area contributed by atoms with Gasteiger partial charge in [-0.1, -0.05) is 13.8 Å². The van der Waals surface area contributed by atoms with Gasteiger partial charge >= 0.3 is 0 Å². The average molecular weight is 187 g/mol. The van der Waals surface area contributed by atoms with E-state index in [0.717, 1.165) is 12.8 Å². The number of hydrogen-bond acceptors (Lipinski definition) is 3. The predicted molar refractivity (Wildman–Crippen MR) is 52.6 cm³/mol. The second-order valence-corrected chi connectivity index (χ2v) is 4.49. The van der Waals surface area contributed by atoms with Crippen LogP contribution in [0.2, 0.25) is 0 Å². The van der Waals surface area contributed by atoms with Gasteiger partial charge in [0.25, 0.3) is 0 Å². The van der Waals surface area contributed by atoms with Gasteiger partial charge in [-0.05, 0) is 25.7 Å². The second-order valence-electron chi connectivity index (χ2n) is 4.49. The zero-order chi connectivity index (χ0) is 9.90. The molecule has 1 aliphatic rings. The first kappa shape index (κ1) is 11.0. The fourth-order valence-corrected chi connectivity index (χ4v) is 1.71. The minimum atomic E-state index is -0.580. The molecule has 1 fully saturated rings. The SMILES string of the molecule is CC(C)NCC1(O)CCC(O)CC1. The lowest BCUT2D eigenvalue weighted by Crippen LogP contribution is -2.46. The molecule has 0 spiro atoms. The van der Waals surface area contributed by atoms with E-state index in [1.807, 2.05) is 0 Å². The van der Waals surface area contributed by atoms with Crippen molar-refractivity contribution in [1.29, 1.82) is 0 Å². The van der Waals surface area contributed by atoms with E-state index in [9.17, 15) is 10.2 Å². The quantitative estimate of drug-likeness (QED) is 0.608. The number of rotatable bonds is 3. The smallest absolute Gasteiger partial charge is 0.0773 e. The lowest BCUT2D eigenvalue weighted by molar-refractivity contribution is -0.0312. The molecule has 1 aliphatic carbocycles. The van der Waals surface area contributed by atoms with Crippen molar-refractivity contribution in [3.63, 3.8) is 0 Å². The maximum atomic E-state index is 10.1. The molecule has 0 saturated heterocycles. The molecule has 0 aromatic rings. The predicted octanol–water partition coefficient (Wildman–Crippen LogP) is 0.650. The minimum Gasteiger partial charge on any atom is -0.393 e. The Morgan fingerprint density at radius 1 is 1.38 bits per heavy atom. The van der Waals surface area contributed by atoms with Gasteiger partial charge in [-0.3, -0.25) is 0 Å². The lowest BCUT2D eigenvalue weighted by atomic mass is 9.83. The number of nitrogens with one attached hydrogen (secondary N) is 1. The Kier molecular flexibility index (Phi) is 3.71. The van der Waals surface area contributed by atoms with Gasteiger partial charge in [0.05, 0.1) is 11.7 Å². The molecule has 3 N–H and O–H groups in total. The van der Waals surface area contributed by atoms with Crippen LogP contribution in [0.3, 0.4) is 0 Å². The molecular weight excluding hydrogens is 166 g/mol. The molecule has 0 aromatic heterocycles. The Balaban J connectivity index is 2.30. The Labute approximate surface area is 80.2 Å². The maximum Gasteiger partial charge on any atom is 0.0773 e. The third-order valence-corrected chi connectivity index (χ3v) is 2.73. The number of hydrogen-bond donors (Lipinski definition) is 3. The van der Waals surface area contributed by atoms with Crippen molar-refractivity contribution in [2.24, 2.45) is 0 Å². The van der Waals surface area contributed by atoms with Gasteiger partial charge in [0.15, 0.2) is 0 Å². The van der Waals surface area contributed by atoms with Gasteiger partial charge in [0, 0.05) is 12.6 Å². The summed E-state index contributed by atoms with van der Waals surface area (Å²) in [6, 6.07) is 0.413. The van der Waals surface area contributed by atoms with Crippen LogP contribution in [0.25, 0.3) is 0 Å². The van der Waals surface area contributed by atoms with Crippen molar-refractivity contribution in [2.45, 2.75) is 57.3 Å². The Morgan fingerprint density at radius 2 is 1.92 bits per heavy atom. The van der Waals surface area contributed by atoms with E-state index in [1.165, 1.54) is 0 Å². The van der Waals surface area contributed by atoms with Gasteiger partial charge in [0.2, 0.25) is 0 Å². The van der Waals surface area contributed by atoms with Crippen LogP contribution in [0.4, 0.5) is 0 Å². The van der Waals surface area contributed by atoms with Crippen LogP contribution >= 0.6 is 0 Å².